The topological polar surface area (TPSA) is 108 Å². The van der Waals surface area contributed by atoms with E-state index < -0.39 is 11.7 Å². The molecule has 2 amide bonds. The third kappa shape index (κ3) is 4.37. The lowest BCUT2D eigenvalue weighted by Gasteiger charge is -2.42. The van der Waals surface area contributed by atoms with Crippen LogP contribution < -0.4 is 10.7 Å². The number of hydrogen-bond donors (Lipinski definition) is 3. The maximum atomic E-state index is 13.4. The quantitative estimate of drug-likeness (QED) is 0.525. The fraction of sp³-hybridized carbons (Fsp3) is 0.360. The molecule has 2 aliphatic rings. The first-order valence-corrected chi connectivity index (χ1v) is 11.5. The highest BCUT2D eigenvalue weighted by molar-refractivity contribution is 6.08. The van der Waals surface area contributed by atoms with E-state index in [-0.39, 0.29) is 17.8 Å². The monoisotopic (exact) mass is 463 g/mol. The molecule has 9 heteroatoms. The number of ether oxygens (including phenoxy) is 1. The van der Waals surface area contributed by atoms with E-state index in [9.17, 15) is 14.0 Å². The van der Waals surface area contributed by atoms with Crippen LogP contribution in [0.4, 0.5) is 9.18 Å². The van der Waals surface area contributed by atoms with Gasteiger partial charge in [0.25, 0.3) is 5.91 Å². The largest absolute Gasteiger partial charge is 0.435 e. The minimum Gasteiger partial charge on any atom is -0.435 e. The van der Waals surface area contributed by atoms with Crippen molar-refractivity contribution < 1.29 is 18.7 Å². The first kappa shape index (κ1) is 22.1. The normalized spacial score (nSPS) is 23.2. The highest BCUT2D eigenvalue weighted by Gasteiger charge is 2.46. The predicted octanol–water partition coefficient (Wildman–Crippen LogP) is 4.28. The molecule has 1 saturated carbocycles. The molecule has 0 saturated heterocycles. The van der Waals surface area contributed by atoms with Gasteiger partial charge in [-0.25, -0.2) is 14.6 Å². The van der Waals surface area contributed by atoms with Gasteiger partial charge >= 0.3 is 6.09 Å². The number of hydrogen-bond acceptors (Lipinski definition) is 5. The number of nitrogens with one attached hydrogen (secondary N) is 3. The number of carbonyl (C=O) groups is 2. The Labute approximate surface area is 196 Å². The van der Waals surface area contributed by atoms with Crippen LogP contribution in [0.5, 0.6) is 0 Å². The first-order chi connectivity index (χ1) is 16.4. The fourth-order valence-electron chi connectivity index (χ4n) is 5.09. The molecule has 176 valence electrons. The smallest absolute Gasteiger partial charge is 0.428 e. The van der Waals surface area contributed by atoms with Gasteiger partial charge in [-0.15, -0.1) is 0 Å². The third-order valence-corrected chi connectivity index (χ3v) is 6.72. The molecule has 0 bridgehead atoms. The summed E-state index contributed by atoms with van der Waals surface area (Å²) in [6.07, 6.45) is 6.70. The van der Waals surface area contributed by atoms with Crippen LogP contribution in [0.15, 0.2) is 53.9 Å². The Morgan fingerprint density at radius 3 is 2.88 bits per heavy atom. The Bertz CT molecular complexity index is 1250. The van der Waals surface area contributed by atoms with Gasteiger partial charge in [-0.05, 0) is 81.3 Å². The number of carbonyl (C=O) groups excluding carboxylic acids is 2. The van der Waals surface area contributed by atoms with Crippen molar-refractivity contribution in [2.45, 2.75) is 50.7 Å². The number of benzene rings is 1. The molecule has 1 aliphatic heterocycles. The van der Waals surface area contributed by atoms with Gasteiger partial charge in [0, 0.05) is 34.9 Å². The molecule has 1 aromatic carbocycles. The van der Waals surface area contributed by atoms with Gasteiger partial charge in [0.05, 0.1) is 0 Å². The van der Waals surface area contributed by atoms with Crippen LogP contribution in [0.2, 0.25) is 0 Å². The van der Waals surface area contributed by atoms with E-state index in [0.29, 0.717) is 35.6 Å². The number of aromatic nitrogens is 2. The van der Waals surface area contributed by atoms with Crippen LogP contribution in [-0.2, 0) is 4.74 Å². The maximum Gasteiger partial charge on any atom is 0.428 e. The maximum absolute atomic E-state index is 13.4. The van der Waals surface area contributed by atoms with E-state index in [1.54, 1.807) is 24.5 Å². The Balaban J connectivity index is 1.20. The molecule has 3 aromatic rings. The van der Waals surface area contributed by atoms with Gasteiger partial charge in [0.1, 0.15) is 17.2 Å². The van der Waals surface area contributed by atoms with E-state index in [4.69, 9.17) is 4.74 Å². The lowest BCUT2D eigenvalue weighted by Crippen LogP contribution is -2.52. The van der Waals surface area contributed by atoms with E-state index in [1.165, 1.54) is 12.1 Å². The molecule has 2 aromatic heterocycles. The Morgan fingerprint density at radius 2 is 2.12 bits per heavy atom. The molecule has 8 nitrogen and oxygen atoms in total. The molecule has 1 atom stereocenters. The zero-order chi connectivity index (χ0) is 23.7. The Hall–Kier alpha value is -3.75. The highest BCUT2D eigenvalue weighted by atomic mass is 19.1. The van der Waals surface area contributed by atoms with Gasteiger partial charge in [-0.3, -0.25) is 9.78 Å². The van der Waals surface area contributed by atoms with E-state index >= 15 is 0 Å². The molecule has 5 rings (SSSR count). The molecule has 34 heavy (non-hydrogen) atoms. The van der Waals surface area contributed by atoms with Crippen LogP contribution in [0.3, 0.4) is 0 Å². The average molecular weight is 464 g/mol. The van der Waals surface area contributed by atoms with Crippen molar-refractivity contribution in [3.63, 3.8) is 0 Å². The minimum absolute atomic E-state index is 0.0447. The van der Waals surface area contributed by atoms with Gasteiger partial charge in [0.2, 0.25) is 0 Å². The van der Waals surface area contributed by atoms with Crippen molar-refractivity contribution in [1.82, 2.24) is 20.7 Å². The molecule has 1 fully saturated rings. The Kier molecular flexibility index (Phi) is 5.77. The molecule has 0 unspecified atom stereocenters. The van der Waals surface area contributed by atoms with Gasteiger partial charge < -0.3 is 15.0 Å². The summed E-state index contributed by atoms with van der Waals surface area (Å²) in [6, 6.07) is 9.76. The summed E-state index contributed by atoms with van der Waals surface area (Å²) in [4.78, 5) is 31.9. The second kappa shape index (κ2) is 8.89. The number of amides is 2. The SMILES string of the molecule is C[C@@H](CC1CCC2(CC1)OC(=O)NN=C2c1cccnc1)NC(=O)c1cc2cc(F)ccc2[nH]1. The molecule has 0 radical (unpaired) electrons. The van der Waals surface area contributed by atoms with Crippen LogP contribution in [0.1, 0.15) is 55.1 Å². The van der Waals surface area contributed by atoms with Crippen LogP contribution in [0, 0.1) is 11.7 Å². The van der Waals surface area contributed by atoms with Crippen LogP contribution >= 0.6 is 0 Å². The summed E-state index contributed by atoms with van der Waals surface area (Å²) in [6.45, 7) is 1.98. The van der Waals surface area contributed by atoms with Crippen molar-refractivity contribution >= 4 is 28.6 Å². The number of halogens is 1. The average Bonchev–Trinajstić information content (AvgIpc) is 3.25. The Morgan fingerprint density at radius 1 is 1.29 bits per heavy atom. The number of pyridine rings is 1. The minimum atomic E-state index is -0.756. The summed E-state index contributed by atoms with van der Waals surface area (Å²) >= 11 is 0. The van der Waals surface area contributed by atoms with E-state index in [1.807, 2.05) is 19.1 Å². The standard InChI is InChI=1S/C25H26FN5O3/c1-15(28-23(32)21-13-18-12-19(26)4-5-20(18)29-21)11-16-6-8-25(9-7-16)22(30-31-24(33)34-25)17-3-2-10-27-14-17/h2-5,10,12-16,29H,6-9,11H2,1H3,(H,28,32)(H,31,33)/t15-,16?,25?/m0/s1. The molecular weight excluding hydrogens is 437 g/mol. The van der Waals surface area contributed by atoms with Gasteiger partial charge in [-0.2, -0.15) is 5.10 Å². The lowest BCUT2D eigenvalue weighted by molar-refractivity contribution is 0.0154. The van der Waals surface area contributed by atoms with Crippen molar-refractivity contribution in [1.29, 1.82) is 0 Å². The van der Waals surface area contributed by atoms with Crippen LogP contribution in [-0.4, -0.2) is 39.3 Å². The number of nitrogens with zero attached hydrogens (tertiary/aromatic N) is 2. The molecule has 1 aliphatic carbocycles. The van der Waals surface area contributed by atoms with Gasteiger partial charge in [0.15, 0.2) is 5.60 Å². The fourth-order valence-corrected chi connectivity index (χ4v) is 5.09. The molecule has 3 heterocycles. The summed E-state index contributed by atoms with van der Waals surface area (Å²) < 4.78 is 19.2. The number of aromatic amines is 1. The molecule has 1 spiro atoms. The molecular formula is C25H26FN5O3. The zero-order valence-electron chi connectivity index (χ0n) is 18.8. The van der Waals surface area contributed by atoms with E-state index in [2.05, 4.69) is 25.8 Å². The molecule has 3 N–H and O–H groups in total. The summed E-state index contributed by atoms with van der Waals surface area (Å²) in [5.41, 5.74) is 4.34. The van der Waals surface area contributed by atoms with Gasteiger partial charge in [-0.1, -0.05) is 0 Å². The van der Waals surface area contributed by atoms with Crippen molar-refractivity contribution in [3.8, 4) is 0 Å². The van der Waals surface area contributed by atoms with Crippen molar-refractivity contribution in [2.24, 2.45) is 11.0 Å². The highest BCUT2D eigenvalue weighted by Crippen LogP contribution is 2.40. The summed E-state index contributed by atoms with van der Waals surface area (Å²) in [5, 5.41) is 8.01. The number of fused-ring (bicyclic) bond motifs is 1. The first-order valence-electron chi connectivity index (χ1n) is 11.5. The van der Waals surface area contributed by atoms with Crippen molar-refractivity contribution in [2.75, 3.05) is 0 Å². The second-order valence-electron chi connectivity index (χ2n) is 9.17. The summed E-state index contributed by atoms with van der Waals surface area (Å²) in [5.74, 6) is -0.172. The number of hydrazone groups is 1. The number of H-pyrrole nitrogens is 1. The van der Waals surface area contributed by atoms with E-state index in [0.717, 1.165) is 30.3 Å². The van der Waals surface area contributed by atoms with Crippen LogP contribution in [0.25, 0.3) is 10.9 Å². The second-order valence-corrected chi connectivity index (χ2v) is 9.17. The predicted molar refractivity (Wildman–Crippen MR) is 125 cm³/mol. The zero-order valence-corrected chi connectivity index (χ0v) is 18.8. The lowest BCUT2D eigenvalue weighted by atomic mass is 9.73. The summed E-state index contributed by atoms with van der Waals surface area (Å²) in [7, 11) is 0. The third-order valence-electron chi connectivity index (χ3n) is 6.72. The number of rotatable bonds is 5. The van der Waals surface area contributed by atoms with Crippen molar-refractivity contribution in [3.05, 3.63) is 65.9 Å².